The summed E-state index contributed by atoms with van der Waals surface area (Å²) in [5.41, 5.74) is 6.93. The zero-order chi connectivity index (χ0) is 15.7. The second kappa shape index (κ2) is 4.72. The van der Waals surface area contributed by atoms with Crippen molar-refractivity contribution in [3.8, 4) is 5.69 Å². The van der Waals surface area contributed by atoms with E-state index in [-0.39, 0.29) is 0 Å². The Bertz CT molecular complexity index is 910. The quantitative estimate of drug-likeness (QED) is 0.586. The number of nitrogens with zero attached hydrogens (tertiary/aromatic N) is 2. The molecule has 0 aliphatic heterocycles. The van der Waals surface area contributed by atoms with E-state index in [1.54, 1.807) is 11.1 Å². The molecular weight excluding hydrogens is 292 g/mol. The van der Waals surface area contributed by atoms with Gasteiger partial charge in [-0.3, -0.25) is 4.57 Å². The highest BCUT2D eigenvalue weighted by Gasteiger charge is 2.42. The van der Waals surface area contributed by atoms with Crippen LogP contribution in [0.15, 0.2) is 48.8 Å². The molecule has 0 spiro atoms. The fraction of sp³-hybridized carbons (Fsp3) is 0.409. The van der Waals surface area contributed by atoms with E-state index >= 15 is 0 Å². The molecule has 0 saturated heterocycles. The van der Waals surface area contributed by atoms with Crippen molar-refractivity contribution in [2.75, 3.05) is 0 Å². The molecule has 1 aromatic heterocycles. The summed E-state index contributed by atoms with van der Waals surface area (Å²) in [7, 11) is 0. The highest BCUT2D eigenvalue weighted by Crippen LogP contribution is 2.56. The highest BCUT2D eigenvalue weighted by atomic mass is 15.0. The fourth-order valence-corrected chi connectivity index (χ4v) is 5.95. The van der Waals surface area contributed by atoms with E-state index in [9.17, 15) is 0 Å². The van der Waals surface area contributed by atoms with Gasteiger partial charge in [-0.25, -0.2) is 4.98 Å². The van der Waals surface area contributed by atoms with E-state index < -0.39 is 0 Å². The number of hydrogen-bond acceptors (Lipinski definition) is 1. The van der Waals surface area contributed by atoms with Crippen LogP contribution < -0.4 is 0 Å². The number of aromatic nitrogens is 2. The molecule has 1 heterocycles. The zero-order valence-electron chi connectivity index (χ0n) is 13.9. The molecule has 0 N–H and O–H groups in total. The summed E-state index contributed by atoms with van der Waals surface area (Å²) in [6, 6.07) is 15.5. The smallest absolute Gasteiger partial charge is 0.100 e. The van der Waals surface area contributed by atoms with Gasteiger partial charge in [0.1, 0.15) is 6.33 Å². The van der Waals surface area contributed by atoms with Gasteiger partial charge in [-0.1, -0.05) is 18.2 Å². The van der Waals surface area contributed by atoms with Crippen molar-refractivity contribution in [1.29, 1.82) is 0 Å². The number of imidazole rings is 1. The van der Waals surface area contributed by atoms with Gasteiger partial charge in [-0.2, -0.15) is 0 Å². The van der Waals surface area contributed by atoms with Crippen molar-refractivity contribution in [1.82, 2.24) is 9.55 Å². The number of benzene rings is 2. The first-order chi connectivity index (χ1) is 11.8. The van der Waals surface area contributed by atoms with E-state index in [1.807, 2.05) is 6.33 Å². The first-order valence-corrected chi connectivity index (χ1v) is 9.41. The molecule has 2 aromatic carbocycles. The molecule has 0 amide bonds. The topological polar surface area (TPSA) is 17.8 Å². The molecule has 4 aliphatic rings. The molecule has 2 saturated carbocycles. The minimum Gasteiger partial charge on any atom is -0.299 e. The Morgan fingerprint density at radius 2 is 1.46 bits per heavy atom. The highest BCUT2D eigenvalue weighted by molar-refractivity contribution is 5.80. The monoisotopic (exact) mass is 314 g/mol. The van der Waals surface area contributed by atoms with Crippen LogP contribution in [0.25, 0.3) is 16.7 Å². The normalized spacial score (nSPS) is 30.5. The summed E-state index contributed by atoms with van der Waals surface area (Å²) in [6.45, 7) is 0. The molecule has 2 heteroatoms. The minimum absolute atomic E-state index is 0.791. The molecule has 0 radical (unpaired) electrons. The second-order valence-electron chi connectivity index (χ2n) is 8.22. The molecule has 4 bridgehead atoms. The third kappa shape index (κ3) is 1.80. The van der Waals surface area contributed by atoms with Crippen LogP contribution >= 0.6 is 0 Å². The van der Waals surface area contributed by atoms with Crippen molar-refractivity contribution in [3.05, 3.63) is 59.9 Å². The van der Waals surface area contributed by atoms with Crippen LogP contribution in [-0.2, 0) is 0 Å². The van der Waals surface area contributed by atoms with Crippen LogP contribution in [0.3, 0.4) is 0 Å². The lowest BCUT2D eigenvalue weighted by atomic mass is 9.67. The van der Waals surface area contributed by atoms with Gasteiger partial charge in [0.05, 0.1) is 11.0 Å². The number of fused-ring (bicyclic) bond motifs is 1. The lowest BCUT2D eigenvalue weighted by Crippen LogP contribution is -2.25. The van der Waals surface area contributed by atoms with Gasteiger partial charge in [-0.05, 0) is 91.2 Å². The van der Waals surface area contributed by atoms with Gasteiger partial charge in [0.15, 0.2) is 0 Å². The van der Waals surface area contributed by atoms with Crippen LogP contribution in [0.2, 0.25) is 0 Å². The molecule has 2 nitrogen and oxygen atoms in total. The van der Waals surface area contributed by atoms with Gasteiger partial charge < -0.3 is 0 Å². The van der Waals surface area contributed by atoms with E-state index in [2.05, 4.69) is 47.0 Å². The van der Waals surface area contributed by atoms with E-state index in [1.165, 1.54) is 48.8 Å². The predicted octanol–water partition coefficient (Wildman–Crippen LogP) is 5.42. The molecule has 2 atom stereocenters. The summed E-state index contributed by atoms with van der Waals surface area (Å²) in [5.74, 6) is 3.54. The van der Waals surface area contributed by atoms with Crippen molar-refractivity contribution in [3.63, 3.8) is 0 Å². The SMILES string of the molecule is c1ccc(-n2cnc3cc4c(cc32)C2CC3CC(CC4C3)C2)cc1. The van der Waals surface area contributed by atoms with Crippen LogP contribution in [0.1, 0.15) is 55.1 Å². The Hall–Kier alpha value is -2.09. The summed E-state index contributed by atoms with van der Waals surface area (Å²) in [4.78, 5) is 4.74. The van der Waals surface area contributed by atoms with Crippen LogP contribution in [0.4, 0.5) is 0 Å². The van der Waals surface area contributed by atoms with E-state index in [0.29, 0.717) is 0 Å². The Kier molecular flexibility index (Phi) is 2.60. The third-order valence-electron chi connectivity index (χ3n) is 6.80. The lowest BCUT2D eigenvalue weighted by Gasteiger charge is -2.38. The Balaban J connectivity index is 1.58. The van der Waals surface area contributed by atoms with Gasteiger partial charge in [0.25, 0.3) is 0 Å². The summed E-state index contributed by atoms with van der Waals surface area (Å²) in [5, 5.41) is 0. The van der Waals surface area contributed by atoms with Crippen LogP contribution in [0.5, 0.6) is 0 Å². The lowest BCUT2D eigenvalue weighted by molar-refractivity contribution is 0.166. The number of rotatable bonds is 1. The molecule has 2 fully saturated rings. The zero-order valence-corrected chi connectivity index (χ0v) is 13.9. The predicted molar refractivity (Wildman–Crippen MR) is 96.6 cm³/mol. The number of para-hydroxylation sites is 1. The number of hydrogen-bond donors (Lipinski definition) is 0. The van der Waals surface area contributed by atoms with Crippen LogP contribution in [-0.4, -0.2) is 9.55 Å². The molecule has 7 rings (SSSR count). The third-order valence-corrected chi connectivity index (χ3v) is 6.80. The standard InChI is InChI=1S/C22H22N2/c1-2-4-18(5-3-1)24-13-23-21-11-19-16-7-14-6-15(8-16)10-17(9-14)20(19)12-22(21)24/h1-5,11-17H,6-10H2. The molecule has 4 aliphatic carbocycles. The van der Waals surface area contributed by atoms with E-state index in [0.717, 1.165) is 23.7 Å². The maximum absolute atomic E-state index is 4.74. The largest absolute Gasteiger partial charge is 0.299 e. The Morgan fingerprint density at radius 1 is 0.792 bits per heavy atom. The molecule has 120 valence electrons. The molecule has 24 heavy (non-hydrogen) atoms. The maximum Gasteiger partial charge on any atom is 0.100 e. The van der Waals surface area contributed by atoms with Gasteiger partial charge in [-0.15, -0.1) is 0 Å². The Labute approximate surface area is 142 Å². The summed E-state index contributed by atoms with van der Waals surface area (Å²) in [6.07, 6.45) is 9.17. The average Bonchev–Trinajstić information content (AvgIpc) is 2.96. The van der Waals surface area contributed by atoms with Crippen molar-refractivity contribution in [2.24, 2.45) is 11.8 Å². The second-order valence-corrected chi connectivity index (χ2v) is 8.22. The van der Waals surface area contributed by atoms with Crippen molar-refractivity contribution >= 4 is 11.0 Å². The fourth-order valence-electron chi connectivity index (χ4n) is 5.95. The van der Waals surface area contributed by atoms with Crippen LogP contribution in [0, 0.1) is 11.8 Å². The molecular formula is C22H22N2. The Morgan fingerprint density at radius 3 is 2.17 bits per heavy atom. The van der Waals surface area contributed by atoms with Gasteiger partial charge in [0, 0.05) is 5.69 Å². The molecule has 2 unspecified atom stereocenters. The summed E-state index contributed by atoms with van der Waals surface area (Å²) < 4.78 is 2.26. The van der Waals surface area contributed by atoms with E-state index in [4.69, 9.17) is 4.98 Å². The van der Waals surface area contributed by atoms with Crippen molar-refractivity contribution < 1.29 is 0 Å². The summed E-state index contributed by atoms with van der Waals surface area (Å²) >= 11 is 0. The van der Waals surface area contributed by atoms with Gasteiger partial charge >= 0.3 is 0 Å². The first-order valence-electron chi connectivity index (χ1n) is 9.41. The first kappa shape index (κ1) is 13.2. The molecule has 3 aromatic rings. The van der Waals surface area contributed by atoms with Gasteiger partial charge in [0.2, 0.25) is 0 Å². The maximum atomic E-state index is 4.74. The minimum atomic E-state index is 0.791. The van der Waals surface area contributed by atoms with Crippen molar-refractivity contribution in [2.45, 2.75) is 43.9 Å². The average molecular weight is 314 g/mol.